The maximum absolute atomic E-state index is 6.50. The first-order chi connectivity index (χ1) is 10.5. The van der Waals surface area contributed by atoms with Gasteiger partial charge in [0.15, 0.2) is 0 Å². The molecule has 0 aromatic rings. The average molecular weight is 312 g/mol. The lowest BCUT2D eigenvalue weighted by atomic mass is 9.69. The molecule has 3 nitrogen and oxygen atoms in total. The van der Waals surface area contributed by atoms with Crippen LogP contribution in [0.2, 0.25) is 0 Å². The third-order valence-corrected chi connectivity index (χ3v) is 6.15. The molecule has 0 spiro atoms. The summed E-state index contributed by atoms with van der Waals surface area (Å²) in [5.74, 6) is 1.39. The minimum atomic E-state index is -0.0142. The molecule has 2 aliphatic rings. The second kappa shape index (κ2) is 8.12. The highest BCUT2D eigenvalue weighted by molar-refractivity contribution is 4.91. The minimum absolute atomic E-state index is 0.0142. The Morgan fingerprint density at radius 2 is 1.27 bits per heavy atom. The first-order valence-electron chi connectivity index (χ1n) is 9.16. The summed E-state index contributed by atoms with van der Waals surface area (Å²) in [7, 11) is 3.62. The topological polar surface area (TPSA) is 27.7 Å². The van der Waals surface area contributed by atoms with Gasteiger partial charge in [-0.25, -0.2) is 0 Å². The van der Waals surface area contributed by atoms with Crippen molar-refractivity contribution in [2.75, 3.05) is 34.0 Å². The van der Waals surface area contributed by atoms with Gasteiger partial charge in [-0.1, -0.05) is 25.7 Å². The molecule has 0 atom stereocenters. The van der Waals surface area contributed by atoms with Gasteiger partial charge in [-0.2, -0.15) is 0 Å². The summed E-state index contributed by atoms with van der Waals surface area (Å²) >= 11 is 0. The van der Waals surface area contributed by atoms with E-state index in [9.17, 15) is 0 Å². The van der Waals surface area contributed by atoms with Crippen LogP contribution >= 0.6 is 0 Å². The zero-order valence-corrected chi connectivity index (χ0v) is 15.2. The molecular weight excluding hydrogens is 276 g/mol. The summed E-state index contributed by atoms with van der Waals surface area (Å²) in [4.78, 5) is 0. The Labute approximate surface area is 137 Å². The Hall–Kier alpha value is -0.120. The minimum Gasteiger partial charge on any atom is -0.384 e. The molecule has 2 aliphatic carbocycles. The summed E-state index contributed by atoms with van der Waals surface area (Å²) in [6.45, 7) is 6.78. The zero-order valence-electron chi connectivity index (χ0n) is 15.2. The van der Waals surface area contributed by atoms with Crippen molar-refractivity contribution < 1.29 is 14.2 Å². The second-order valence-electron chi connectivity index (χ2n) is 8.08. The van der Waals surface area contributed by atoms with Crippen molar-refractivity contribution in [3.05, 3.63) is 0 Å². The predicted octanol–water partition coefficient (Wildman–Crippen LogP) is 4.44. The van der Waals surface area contributed by atoms with Gasteiger partial charge in [0.25, 0.3) is 0 Å². The second-order valence-corrected chi connectivity index (χ2v) is 8.08. The van der Waals surface area contributed by atoms with Gasteiger partial charge < -0.3 is 14.2 Å². The molecule has 3 heteroatoms. The fourth-order valence-electron chi connectivity index (χ4n) is 4.32. The van der Waals surface area contributed by atoms with E-state index in [0.717, 1.165) is 25.7 Å². The average Bonchev–Trinajstić information content (AvgIpc) is 2.44. The molecule has 0 bridgehead atoms. The molecule has 22 heavy (non-hydrogen) atoms. The Kier molecular flexibility index (Phi) is 6.73. The van der Waals surface area contributed by atoms with Crippen molar-refractivity contribution in [2.45, 2.75) is 70.8 Å². The molecule has 0 amide bonds. The van der Waals surface area contributed by atoms with Crippen molar-refractivity contribution in [1.82, 2.24) is 0 Å². The fourth-order valence-corrected chi connectivity index (χ4v) is 4.32. The Bertz CT molecular complexity index is 311. The molecule has 2 saturated carbocycles. The quantitative estimate of drug-likeness (QED) is 0.630. The molecule has 2 fully saturated rings. The molecule has 0 N–H and O–H groups in total. The van der Waals surface area contributed by atoms with Gasteiger partial charge in [0, 0.05) is 19.6 Å². The lowest BCUT2D eigenvalue weighted by molar-refractivity contribution is -0.155. The van der Waals surface area contributed by atoms with Crippen LogP contribution in [0.5, 0.6) is 0 Å². The van der Waals surface area contributed by atoms with Crippen LogP contribution in [0.4, 0.5) is 0 Å². The molecule has 0 heterocycles. The predicted molar refractivity (Wildman–Crippen MR) is 90.1 cm³/mol. The van der Waals surface area contributed by atoms with Crippen LogP contribution in [0.25, 0.3) is 0 Å². The van der Waals surface area contributed by atoms with Crippen molar-refractivity contribution in [3.63, 3.8) is 0 Å². The van der Waals surface area contributed by atoms with Crippen molar-refractivity contribution in [3.8, 4) is 0 Å². The highest BCUT2D eigenvalue weighted by Crippen LogP contribution is 2.43. The van der Waals surface area contributed by atoms with Crippen molar-refractivity contribution in [1.29, 1.82) is 0 Å². The highest BCUT2D eigenvalue weighted by Gasteiger charge is 2.43. The summed E-state index contributed by atoms with van der Waals surface area (Å²) in [6.07, 6.45) is 10.6. The molecule has 0 aromatic heterocycles. The normalized spacial score (nSPS) is 21.8. The Balaban J connectivity index is 2.04. The van der Waals surface area contributed by atoms with E-state index in [-0.39, 0.29) is 11.0 Å². The summed E-state index contributed by atoms with van der Waals surface area (Å²) in [6, 6.07) is 0. The van der Waals surface area contributed by atoms with Gasteiger partial charge in [0.1, 0.15) is 0 Å². The smallest absolute Gasteiger partial charge is 0.0654 e. The molecule has 2 rings (SSSR count). The van der Waals surface area contributed by atoms with Gasteiger partial charge >= 0.3 is 0 Å². The maximum Gasteiger partial charge on any atom is 0.0654 e. The monoisotopic (exact) mass is 312 g/mol. The number of ether oxygens (including phenoxy) is 3. The third kappa shape index (κ3) is 4.24. The molecular formula is C19H36O3. The lowest BCUT2D eigenvalue weighted by Crippen LogP contribution is -2.48. The van der Waals surface area contributed by atoms with E-state index in [1.54, 1.807) is 0 Å². The summed E-state index contributed by atoms with van der Waals surface area (Å²) < 4.78 is 17.7. The van der Waals surface area contributed by atoms with E-state index in [2.05, 4.69) is 13.8 Å². The van der Waals surface area contributed by atoms with Gasteiger partial charge in [-0.05, 0) is 51.4 Å². The maximum atomic E-state index is 6.50. The van der Waals surface area contributed by atoms with Gasteiger partial charge in [0.2, 0.25) is 0 Å². The van der Waals surface area contributed by atoms with Crippen molar-refractivity contribution in [2.24, 2.45) is 17.3 Å². The van der Waals surface area contributed by atoms with E-state index >= 15 is 0 Å². The van der Waals surface area contributed by atoms with Crippen LogP contribution in [0.15, 0.2) is 0 Å². The number of hydrogen-bond acceptors (Lipinski definition) is 3. The molecule has 0 radical (unpaired) electrons. The SMILES string of the molecule is COCC(COC)(COC(C)(C)C1CCC1)C1CCCCC1. The molecule has 0 aliphatic heterocycles. The van der Waals surface area contributed by atoms with Crippen LogP contribution in [-0.2, 0) is 14.2 Å². The van der Waals surface area contributed by atoms with Gasteiger partial charge in [-0.3, -0.25) is 0 Å². The highest BCUT2D eigenvalue weighted by atomic mass is 16.5. The van der Waals surface area contributed by atoms with E-state index in [1.807, 2.05) is 14.2 Å². The number of rotatable bonds is 9. The fraction of sp³-hybridized carbons (Fsp3) is 1.00. The van der Waals surface area contributed by atoms with E-state index in [0.29, 0.717) is 5.92 Å². The molecule has 0 saturated heterocycles. The molecule has 0 aromatic carbocycles. The molecule has 0 unspecified atom stereocenters. The number of hydrogen-bond donors (Lipinski definition) is 0. The van der Waals surface area contributed by atoms with Gasteiger partial charge in [-0.15, -0.1) is 0 Å². The van der Waals surface area contributed by atoms with Crippen LogP contribution in [0.1, 0.15) is 65.2 Å². The third-order valence-electron chi connectivity index (χ3n) is 6.15. The largest absolute Gasteiger partial charge is 0.384 e. The van der Waals surface area contributed by atoms with E-state index < -0.39 is 0 Å². The van der Waals surface area contributed by atoms with Crippen LogP contribution in [-0.4, -0.2) is 39.6 Å². The standard InChI is InChI=1S/C19H36O3/c1-18(2,16-11-8-12-16)22-15-19(13-20-3,14-21-4)17-9-6-5-7-10-17/h16-17H,5-15H2,1-4H3. The van der Waals surface area contributed by atoms with Crippen molar-refractivity contribution >= 4 is 0 Å². The summed E-state index contributed by atoms with van der Waals surface area (Å²) in [5, 5.41) is 0. The Morgan fingerprint density at radius 1 is 0.727 bits per heavy atom. The summed E-state index contributed by atoms with van der Waals surface area (Å²) in [5.41, 5.74) is 0.00455. The van der Waals surface area contributed by atoms with Gasteiger partial charge in [0.05, 0.1) is 25.4 Å². The van der Waals surface area contributed by atoms with E-state index in [4.69, 9.17) is 14.2 Å². The Morgan fingerprint density at radius 3 is 1.73 bits per heavy atom. The van der Waals surface area contributed by atoms with E-state index in [1.165, 1.54) is 51.4 Å². The van der Waals surface area contributed by atoms with Crippen LogP contribution < -0.4 is 0 Å². The molecule has 130 valence electrons. The lowest BCUT2D eigenvalue weighted by Gasteiger charge is -2.46. The van der Waals surface area contributed by atoms with Crippen LogP contribution in [0, 0.1) is 17.3 Å². The zero-order chi connectivity index (χ0) is 16.1. The first kappa shape index (κ1) is 18.2. The van der Waals surface area contributed by atoms with Crippen LogP contribution in [0.3, 0.4) is 0 Å². The first-order valence-corrected chi connectivity index (χ1v) is 9.16. The number of methoxy groups -OCH3 is 2.